The van der Waals surface area contributed by atoms with E-state index >= 15 is 0 Å². The number of benzene rings is 2. The second-order valence-corrected chi connectivity index (χ2v) is 6.44. The monoisotopic (exact) mass is 418 g/mol. The smallest absolute Gasteiger partial charge is 0.336 e. The maximum absolute atomic E-state index is 12.2. The number of amides is 1. The highest BCUT2D eigenvalue weighted by molar-refractivity contribution is 5.88. The minimum absolute atomic E-state index is 0.104. The zero-order chi connectivity index (χ0) is 21.5. The van der Waals surface area contributed by atoms with E-state index in [1.165, 1.54) is 24.6 Å². The molecule has 8 nitrogen and oxygen atoms in total. The first-order valence-corrected chi connectivity index (χ1v) is 9.42. The SMILES string of the molecule is O=C(/C=C/c1ccco1)Oc1ccc(/C=N/NC(=O)[C@H]2COc3ccccc3O2)cc1. The second kappa shape index (κ2) is 9.45. The molecule has 4 rings (SSSR count). The van der Waals surface area contributed by atoms with Crippen molar-refractivity contribution in [1.82, 2.24) is 5.43 Å². The molecule has 0 unspecified atom stereocenters. The van der Waals surface area contributed by atoms with Crippen molar-refractivity contribution >= 4 is 24.2 Å². The summed E-state index contributed by atoms with van der Waals surface area (Å²) in [6.07, 6.45) is 4.99. The number of hydrazone groups is 1. The number of para-hydroxylation sites is 2. The predicted molar refractivity (Wildman–Crippen MR) is 112 cm³/mol. The molecule has 0 aliphatic carbocycles. The van der Waals surface area contributed by atoms with Crippen LogP contribution in [0.1, 0.15) is 11.3 Å². The van der Waals surface area contributed by atoms with Crippen molar-refractivity contribution in [3.63, 3.8) is 0 Å². The third kappa shape index (κ3) is 5.39. The Balaban J connectivity index is 1.26. The number of carbonyl (C=O) groups excluding carboxylic acids is 2. The summed E-state index contributed by atoms with van der Waals surface area (Å²) in [6.45, 7) is 0.104. The normalized spacial score (nSPS) is 15.2. The quantitative estimate of drug-likeness (QED) is 0.217. The van der Waals surface area contributed by atoms with Crippen LogP contribution in [0.25, 0.3) is 6.08 Å². The fourth-order valence-corrected chi connectivity index (χ4v) is 2.70. The molecule has 0 fully saturated rings. The number of fused-ring (bicyclic) bond motifs is 1. The van der Waals surface area contributed by atoms with E-state index in [1.807, 2.05) is 6.07 Å². The number of nitrogens with zero attached hydrogens (tertiary/aromatic N) is 1. The molecule has 156 valence electrons. The second-order valence-electron chi connectivity index (χ2n) is 6.44. The lowest BCUT2D eigenvalue weighted by molar-refractivity contribution is -0.130. The lowest BCUT2D eigenvalue weighted by atomic mass is 10.2. The van der Waals surface area contributed by atoms with Crippen LogP contribution in [0, 0.1) is 0 Å². The lowest BCUT2D eigenvalue weighted by Crippen LogP contribution is -2.42. The summed E-state index contributed by atoms with van der Waals surface area (Å²) in [7, 11) is 0. The number of esters is 1. The molecule has 1 amide bonds. The summed E-state index contributed by atoms with van der Waals surface area (Å²) in [4.78, 5) is 24.0. The summed E-state index contributed by atoms with van der Waals surface area (Å²) < 4.78 is 21.4. The van der Waals surface area contributed by atoms with Gasteiger partial charge in [-0.1, -0.05) is 12.1 Å². The Morgan fingerprint density at radius 2 is 1.84 bits per heavy atom. The first-order chi connectivity index (χ1) is 15.2. The van der Waals surface area contributed by atoms with Gasteiger partial charge in [0.05, 0.1) is 12.5 Å². The average Bonchev–Trinajstić information content (AvgIpc) is 3.32. The van der Waals surface area contributed by atoms with Gasteiger partial charge < -0.3 is 18.6 Å². The molecule has 31 heavy (non-hydrogen) atoms. The molecule has 1 aliphatic heterocycles. The van der Waals surface area contributed by atoms with Crippen molar-refractivity contribution in [2.75, 3.05) is 6.61 Å². The van der Waals surface area contributed by atoms with E-state index in [0.29, 0.717) is 28.6 Å². The Hall–Kier alpha value is -4.33. The zero-order valence-corrected chi connectivity index (χ0v) is 16.3. The van der Waals surface area contributed by atoms with Gasteiger partial charge in [0.2, 0.25) is 6.10 Å². The van der Waals surface area contributed by atoms with Crippen LogP contribution in [0.5, 0.6) is 17.2 Å². The average molecular weight is 418 g/mol. The first kappa shape index (κ1) is 20.0. The molecule has 2 heterocycles. The molecule has 0 radical (unpaired) electrons. The zero-order valence-electron chi connectivity index (χ0n) is 16.3. The van der Waals surface area contributed by atoms with E-state index in [9.17, 15) is 9.59 Å². The van der Waals surface area contributed by atoms with Crippen LogP contribution in [0.3, 0.4) is 0 Å². The van der Waals surface area contributed by atoms with Gasteiger partial charge in [0, 0.05) is 6.08 Å². The van der Waals surface area contributed by atoms with E-state index in [2.05, 4.69) is 10.5 Å². The molecular formula is C23H18N2O6. The number of carbonyl (C=O) groups is 2. The Labute approximate surface area is 177 Å². The summed E-state index contributed by atoms with van der Waals surface area (Å²) in [5, 5.41) is 3.93. The highest BCUT2D eigenvalue weighted by Gasteiger charge is 2.26. The third-order valence-corrected chi connectivity index (χ3v) is 4.21. The van der Waals surface area contributed by atoms with Gasteiger partial charge in [-0.05, 0) is 60.2 Å². The third-order valence-electron chi connectivity index (χ3n) is 4.21. The molecule has 3 aromatic rings. The van der Waals surface area contributed by atoms with E-state index in [4.69, 9.17) is 18.6 Å². The predicted octanol–water partition coefficient (Wildman–Crippen LogP) is 3.19. The summed E-state index contributed by atoms with van der Waals surface area (Å²) in [5.74, 6) is 1.11. The van der Waals surface area contributed by atoms with Gasteiger partial charge in [-0.2, -0.15) is 5.10 Å². The molecule has 0 saturated heterocycles. The molecular weight excluding hydrogens is 400 g/mol. The first-order valence-electron chi connectivity index (χ1n) is 9.42. The minimum atomic E-state index is -0.789. The van der Waals surface area contributed by atoms with Crippen LogP contribution < -0.4 is 19.6 Å². The molecule has 0 saturated carbocycles. The van der Waals surface area contributed by atoms with Crippen molar-refractivity contribution in [3.8, 4) is 17.2 Å². The van der Waals surface area contributed by atoms with Crippen LogP contribution in [0.2, 0.25) is 0 Å². The van der Waals surface area contributed by atoms with Crippen molar-refractivity contribution in [2.24, 2.45) is 5.10 Å². The van der Waals surface area contributed by atoms with Gasteiger partial charge in [-0.3, -0.25) is 4.79 Å². The van der Waals surface area contributed by atoms with E-state index in [-0.39, 0.29) is 6.61 Å². The number of rotatable bonds is 6. The van der Waals surface area contributed by atoms with E-state index in [0.717, 1.165) is 0 Å². The maximum Gasteiger partial charge on any atom is 0.336 e. The van der Waals surface area contributed by atoms with Crippen molar-refractivity contribution in [2.45, 2.75) is 6.10 Å². The van der Waals surface area contributed by atoms with Crippen LogP contribution in [0.4, 0.5) is 0 Å². The van der Waals surface area contributed by atoms with Crippen LogP contribution in [-0.2, 0) is 9.59 Å². The Kier molecular flexibility index (Phi) is 6.08. The fourth-order valence-electron chi connectivity index (χ4n) is 2.70. The minimum Gasteiger partial charge on any atom is -0.485 e. The number of hydrogen-bond acceptors (Lipinski definition) is 7. The molecule has 0 bridgehead atoms. The summed E-state index contributed by atoms with van der Waals surface area (Å²) >= 11 is 0. The van der Waals surface area contributed by atoms with Gasteiger partial charge in [0.15, 0.2) is 11.5 Å². The molecule has 0 spiro atoms. The molecule has 1 N–H and O–H groups in total. The number of nitrogens with one attached hydrogen (secondary N) is 1. The van der Waals surface area contributed by atoms with Gasteiger partial charge in [0.1, 0.15) is 18.1 Å². The number of ether oxygens (including phenoxy) is 3. The Bertz CT molecular complexity index is 1100. The highest BCUT2D eigenvalue weighted by atomic mass is 16.6. The number of furan rings is 1. The molecule has 1 aliphatic rings. The topological polar surface area (TPSA) is 99.4 Å². The van der Waals surface area contributed by atoms with Gasteiger partial charge in [0.25, 0.3) is 5.91 Å². The van der Waals surface area contributed by atoms with Crippen molar-refractivity contribution in [3.05, 3.63) is 84.3 Å². The molecule has 1 atom stereocenters. The van der Waals surface area contributed by atoms with Crippen LogP contribution in [0.15, 0.2) is 82.5 Å². The van der Waals surface area contributed by atoms with Gasteiger partial charge in [-0.25, -0.2) is 10.2 Å². The summed E-state index contributed by atoms with van der Waals surface area (Å²) in [6, 6.07) is 17.2. The Morgan fingerprint density at radius 3 is 2.61 bits per heavy atom. The van der Waals surface area contributed by atoms with Crippen LogP contribution in [-0.4, -0.2) is 30.8 Å². The van der Waals surface area contributed by atoms with Gasteiger partial charge in [-0.15, -0.1) is 0 Å². The number of hydrogen-bond donors (Lipinski definition) is 1. The molecule has 8 heteroatoms. The largest absolute Gasteiger partial charge is 0.485 e. The Morgan fingerprint density at radius 1 is 1.03 bits per heavy atom. The van der Waals surface area contributed by atoms with Crippen molar-refractivity contribution < 1.29 is 28.2 Å². The molecule has 1 aromatic heterocycles. The summed E-state index contributed by atoms with van der Waals surface area (Å²) in [5.41, 5.74) is 3.14. The highest BCUT2D eigenvalue weighted by Crippen LogP contribution is 2.30. The maximum atomic E-state index is 12.2. The lowest BCUT2D eigenvalue weighted by Gasteiger charge is -2.24. The fraction of sp³-hybridized carbons (Fsp3) is 0.0870. The standard InChI is InChI=1S/C23H18N2O6/c26-22(12-11-17-4-3-13-28-17)30-18-9-7-16(8-10-18)14-24-25-23(27)21-15-29-19-5-1-2-6-20(19)31-21/h1-14,21H,15H2,(H,25,27)/b12-11+,24-14+/t21-/m1/s1. The van der Waals surface area contributed by atoms with Crippen molar-refractivity contribution in [1.29, 1.82) is 0 Å². The van der Waals surface area contributed by atoms with E-state index < -0.39 is 18.0 Å². The van der Waals surface area contributed by atoms with Crippen LogP contribution >= 0.6 is 0 Å². The molecule has 2 aromatic carbocycles. The van der Waals surface area contributed by atoms with Gasteiger partial charge >= 0.3 is 5.97 Å². The van der Waals surface area contributed by atoms with E-state index in [1.54, 1.807) is 54.6 Å².